The topological polar surface area (TPSA) is 9.23 Å². The van der Waals surface area contributed by atoms with Crippen molar-refractivity contribution in [3.63, 3.8) is 0 Å². The molecule has 0 aromatic heterocycles. The number of rotatable bonds is 12. The molecule has 3 heteroatoms. The monoisotopic (exact) mass is 466 g/mol. The number of hydrogen-bond acceptors (Lipinski definition) is 1. The average molecular weight is 468 g/mol. The number of benzene rings is 2. The maximum atomic E-state index is 5.82. The van der Waals surface area contributed by atoms with Gasteiger partial charge in [0, 0.05) is 22.9 Å². The van der Waals surface area contributed by atoms with E-state index in [1.807, 2.05) is 0 Å². The maximum Gasteiger partial charge on any atom is 0.0476 e. The second-order valence-electron chi connectivity index (χ2n) is 6.43. The Balaban J connectivity index is 1.47. The van der Waals surface area contributed by atoms with E-state index in [2.05, 4.69) is 92.5 Å². The number of alkyl halides is 2. The Morgan fingerprint density at radius 1 is 0.600 bits per heavy atom. The van der Waals surface area contributed by atoms with E-state index in [-0.39, 0.29) is 0 Å². The molecule has 0 spiro atoms. The van der Waals surface area contributed by atoms with Gasteiger partial charge in [0.15, 0.2) is 0 Å². The standard InChI is InChI=1S/C22H28Br2O/c23-21(13-11-19-7-3-1-4-8-19)15-17-25-18-16-22(24)14-12-20-9-5-2-6-10-20/h1-10,21-22H,11-18H2. The first-order chi connectivity index (χ1) is 12.2. The lowest BCUT2D eigenvalue weighted by Crippen LogP contribution is -2.09. The van der Waals surface area contributed by atoms with Gasteiger partial charge in [-0.3, -0.25) is 0 Å². The Morgan fingerprint density at radius 2 is 1.00 bits per heavy atom. The van der Waals surface area contributed by atoms with Gasteiger partial charge in [-0.15, -0.1) is 0 Å². The van der Waals surface area contributed by atoms with Crippen LogP contribution in [0.25, 0.3) is 0 Å². The minimum atomic E-state index is 0.533. The highest BCUT2D eigenvalue weighted by Crippen LogP contribution is 2.16. The van der Waals surface area contributed by atoms with E-state index in [1.54, 1.807) is 0 Å². The normalized spacial score (nSPS) is 13.5. The molecule has 0 N–H and O–H groups in total. The van der Waals surface area contributed by atoms with Crippen LogP contribution in [-0.4, -0.2) is 22.9 Å². The summed E-state index contributed by atoms with van der Waals surface area (Å²) in [6, 6.07) is 21.4. The molecule has 0 saturated heterocycles. The summed E-state index contributed by atoms with van der Waals surface area (Å²) >= 11 is 7.56. The van der Waals surface area contributed by atoms with Crippen molar-refractivity contribution in [1.82, 2.24) is 0 Å². The molecule has 0 heterocycles. The number of hydrogen-bond donors (Lipinski definition) is 0. The summed E-state index contributed by atoms with van der Waals surface area (Å²) < 4.78 is 5.82. The zero-order valence-corrected chi connectivity index (χ0v) is 17.9. The molecule has 0 amide bonds. The molecule has 2 aromatic rings. The van der Waals surface area contributed by atoms with Crippen LogP contribution < -0.4 is 0 Å². The van der Waals surface area contributed by atoms with Gasteiger partial charge in [0.25, 0.3) is 0 Å². The minimum absolute atomic E-state index is 0.533. The van der Waals surface area contributed by atoms with Crippen LogP contribution in [0.1, 0.15) is 36.8 Å². The highest BCUT2D eigenvalue weighted by Gasteiger charge is 2.07. The van der Waals surface area contributed by atoms with Gasteiger partial charge >= 0.3 is 0 Å². The number of ether oxygens (including phenoxy) is 1. The van der Waals surface area contributed by atoms with E-state index in [1.165, 1.54) is 11.1 Å². The molecule has 136 valence electrons. The van der Waals surface area contributed by atoms with Crippen molar-refractivity contribution in [1.29, 1.82) is 0 Å². The largest absolute Gasteiger partial charge is 0.381 e. The van der Waals surface area contributed by atoms with Gasteiger partial charge in [-0.2, -0.15) is 0 Å². The quantitative estimate of drug-likeness (QED) is 0.253. The van der Waals surface area contributed by atoms with Crippen molar-refractivity contribution in [3.05, 3.63) is 71.8 Å². The van der Waals surface area contributed by atoms with Crippen molar-refractivity contribution in [2.75, 3.05) is 13.2 Å². The summed E-state index contributed by atoms with van der Waals surface area (Å²) in [5, 5.41) is 0. The van der Waals surface area contributed by atoms with Crippen LogP contribution in [0.5, 0.6) is 0 Å². The van der Waals surface area contributed by atoms with E-state index in [4.69, 9.17) is 4.74 Å². The zero-order valence-electron chi connectivity index (χ0n) is 14.7. The second-order valence-corrected chi connectivity index (χ2v) is 9.02. The van der Waals surface area contributed by atoms with Gasteiger partial charge in [-0.25, -0.2) is 0 Å². The molecule has 0 aliphatic carbocycles. The van der Waals surface area contributed by atoms with Crippen LogP contribution in [-0.2, 0) is 17.6 Å². The first-order valence-electron chi connectivity index (χ1n) is 9.18. The highest BCUT2D eigenvalue weighted by atomic mass is 79.9. The summed E-state index contributed by atoms with van der Waals surface area (Å²) in [5.74, 6) is 0. The first-order valence-corrected chi connectivity index (χ1v) is 11.0. The Morgan fingerprint density at radius 3 is 1.40 bits per heavy atom. The molecule has 0 aliphatic heterocycles. The van der Waals surface area contributed by atoms with Crippen molar-refractivity contribution in [3.8, 4) is 0 Å². The molecule has 0 aliphatic rings. The van der Waals surface area contributed by atoms with E-state index < -0.39 is 0 Å². The summed E-state index contributed by atoms with van der Waals surface area (Å²) in [4.78, 5) is 1.07. The third-order valence-corrected chi connectivity index (χ3v) is 6.16. The maximum absolute atomic E-state index is 5.82. The predicted octanol–water partition coefficient (Wildman–Crippen LogP) is 6.58. The molecule has 1 nitrogen and oxygen atoms in total. The number of halogens is 2. The molecule has 0 fully saturated rings. The van der Waals surface area contributed by atoms with E-state index in [0.29, 0.717) is 9.65 Å². The van der Waals surface area contributed by atoms with Crippen molar-refractivity contribution >= 4 is 31.9 Å². The lowest BCUT2D eigenvalue weighted by Gasteiger charge is -2.12. The molecule has 2 rings (SSSR count). The predicted molar refractivity (Wildman–Crippen MR) is 115 cm³/mol. The fourth-order valence-electron chi connectivity index (χ4n) is 2.75. The smallest absolute Gasteiger partial charge is 0.0476 e. The molecule has 2 aromatic carbocycles. The average Bonchev–Trinajstić information content (AvgIpc) is 2.66. The third-order valence-electron chi connectivity index (χ3n) is 4.33. The van der Waals surface area contributed by atoms with Gasteiger partial charge in [0.2, 0.25) is 0 Å². The lowest BCUT2D eigenvalue weighted by atomic mass is 10.1. The van der Waals surface area contributed by atoms with Crippen LogP contribution >= 0.6 is 31.9 Å². The zero-order chi connectivity index (χ0) is 17.7. The van der Waals surface area contributed by atoms with Gasteiger partial charge in [0.05, 0.1) is 0 Å². The number of aryl methyl sites for hydroxylation is 2. The Hall–Kier alpha value is -0.640. The lowest BCUT2D eigenvalue weighted by molar-refractivity contribution is 0.128. The molecule has 0 saturated carbocycles. The summed E-state index contributed by atoms with van der Waals surface area (Å²) in [5.41, 5.74) is 2.82. The van der Waals surface area contributed by atoms with Gasteiger partial charge < -0.3 is 4.74 Å². The minimum Gasteiger partial charge on any atom is -0.381 e. The summed E-state index contributed by atoms with van der Waals surface area (Å²) in [6.45, 7) is 1.67. The Labute approximate surface area is 169 Å². The van der Waals surface area contributed by atoms with E-state index >= 15 is 0 Å². The summed E-state index contributed by atoms with van der Waals surface area (Å²) in [6.07, 6.45) is 6.71. The van der Waals surface area contributed by atoms with Crippen LogP contribution in [0.3, 0.4) is 0 Å². The van der Waals surface area contributed by atoms with Gasteiger partial charge in [-0.05, 0) is 49.7 Å². The molecule has 25 heavy (non-hydrogen) atoms. The Bertz CT molecular complexity index is 507. The second kappa shape index (κ2) is 12.7. The molecule has 0 bridgehead atoms. The molecular formula is C22H28Br2O. The molecule has 2 unspecified atom stereocenters. The fourth-order valence-corrected chi connectivity index (χ4v) is 3.58. The Kier molecular flexibility index (Phi) is 10.5. The molecule has 0 radical (unpaired) electrons. The van der Waals surface area contributed by atoms with Crippen molar-refractivity contribution in [2.45, 2.75) is 48.2 Å². The molecular weight excluding hydrogens is 440 g/mol. The van der Waals surface area contributed by atoms with E-state index in [9.17, 15) is 0 Å². The SMILES string of the molecule is BrC(CCOCCC(Br)CCc1ccccc1)CCc1ccccc1. The van der Waals surface area contributed by atoms with Crippen LogP contribution in [0.2, 0.25) is 0 Å². The first kappa shape index (κ1) is 20.7. The van der Waals surface area contributed by atoms with Crippen molar-refractivity contribution in [2.24, 2.45) is 0 Å². The fraction of sp³-hybridized carbons (Fsp3) is 0.455. The van der Waals surface area contributed by atoms with Crippen molar-refractivity contribution < 1.29 is 4.74 Å². The van der Waals surface area contributed by atoms with Crippen LogP contribution in [0.15, 0.2) is 60.7 Å². The van der Waals surface area contributed by atoms with E-state index in [0.717, 1.165) is 51.7 Å². The molecule has 2 atom stereocenters. The van der Waals surface area contributed by atoms with Crippen LogP contribution in [0.4, 0.5) is 0 Å². The highest BCUT2D eigenvalue weighted by molar-refractivity contribution is 9.09. The van der Waals surface area contributed by atoms with Gasteiger partial charge in [0.1, 0.15) is 0 Å². The third kappa shape index (κ3) is 9.58. The van der Waals surface area contributed by atoms with Gasteiger partial charge in [-0.1, -0.05) is 92.5 Å². The summed E-state index contributed by atoms with van der Waals surface area (Å²) in [7, 11) is 0. The van der Waals surface area contributed by atoms with Crippen LogP contribution in [0, 0.1) is 0 Å².